The third-order valence-electron chi connectivity index (χ3n) is 5.05. The summed E-state index contributed by atoms with van der Waals surface area (Å²) in [6, 6.07) is 11.9. The molecule has 0 saturated carbocycles. The molecule has 1 saturated heterocycles. The number of benzene rings is 1. The van der Waals surface area contributed by atoms with Gasteiger partial charge in [-0.2, -0.15) is 5.10 Å². The Kier molecular flexibility index (Phi) is 6.52. The highest BCUT2D eigenvalue weighted by atomic mass is 16.5. The molecular weight excluding hydrogens is 352 g/mol. The zero-order chi connectivity index (χ0) is 20.1. The van der Waals surface area contributed by atoms with E-state index >= 15 is 0 Å². The lowest BCUT2D eigenvalue weighted by Gasteiger charge is -2.31. The van der Waals surface area contributed by atoms with Gasteiger partial charge in [-0.05, 0) is 31.9 Å². The molecule has 0 unspecified atom stereocenters. The van der Waals surface area contributed by atoms with Crippen molar-refractivity contribution >= 4 is 11.7 Å². The van der Waals surface area contributed by atoms with E-state index in [1.165, 1.54) is 0 Å². The molecule has 3 rings (SSSR count). The van der Waals surface area contributed by atoms with E-state index in [0.29, 0.717) is 18.5 Å². The molecule has 0 spiro atoms. The fraction of sp³-hybridized carbons (Fsp3) is 0.545. The van der Waals surface area contributed by atoms with E-state index in [9.17, 15) is 4.79 Å². The van der Waals surface area contributed by atoms with Gasteiger partial charge in [-0.15, -0.1) is 0 Å². The second-order valence-electron chi connectivity index (χ2n) is 8.39. The van der Waals surface area contributed by atoms with E-state index in [0.717, 1.165) is 43.9 Å². The van der Waals surface area contributed by atoms with Gasteiger partial charge in [0.05, 0.1) is 24.0 Å². The van der Waals surface area contributed by atoms with E-state index in [1.54, 1.807) is 0 Å². The van der Waals surface area contributed by atoms with Gasteiger partial charge in [0.2, 0.25) is 5.91 Å². The summed E-state index contributed by atoms with van der Waals surface area (Å²) in [6.45, 7) is 11.3. The molecule has 1 aromatic carbocycles. The Morgan fingerprint density at radius 1 is 1.21 bits per heavy atom. The van der Waals surface area contributed by atoms with E-state index in [4.69, 9.17) is 9.84 Å². The summed E-state index contributed by atoms with van der Waals surface area (Å²) < 4.78 is 7.51. The Morgan fingerprint density at radius 2 is 1.89 bits per heavy atom. The van der Waals surface area contributed by atoms with Gasteiger partial charge in [-0.3, -0.25) is 9.69 Å². The van der Waals surface area contributed by atoms with Crippen molar-refractivity contribution < 1.29 is 9.53 Å². The largest absolute Gasteiger partial charge is 0.378 e. The number of carbonyl (C=O) groups excluding carboxylic acids is 1. The number of amides is 1. The molecule has 28 heavy (non-hydrogen) atoms. The van der Waals surface area contributed by atoms with Crippen molar-refractivity contribution in [1.82, 2.24) is 14.7 Å². The molecule has 1 amide bonds. The lowest BCUT2D eigenvalue weighted by molar-refractivity contribution is -0.118. The highest BCUT2D eigenvalue weighted by Crippen LogP contribution is 2.26. The summed E-state index contributed by atoms with van der Waals surface area (Å²) in [5.41, 5.74) is 1.79. The van der Waals surface area contributed by atoms with Gasteiger partial charge in [0.15, 0.2) is 0 Å². The third kappa shape index (κ3) is 5.20. The normalized spacial score (nSPS) is 16.3. The Morgan fingerprint density at radius 3 is 2.50 bits per heavy atom. The zero-order valence-electron chi connectivity index (χ0n) is 17.4. The summed E-state index contributed by atoms with van der Waals surface area (Å²) in [5, 5.41) is 7.83. The van der Waals surface area contributed by atoms with Crippen LogP contribution >= 0.6 is 0 Å². The van der Waals surface area contributed by atoms with Crippen LogP contribution in [0.4, 0.5) is 5.82 Å². The van der Waals surface area contributed by atoms with Crippen LogP contribution in [0.2, 0.25) is 0 Å². The van der Waals surface area contributed by atoms with Crippen LogP contribution in [0, 0.1) is 0 Å². The number of para-hydroxylation sites is 1. The van der Waals surface area contributed by atoms with Crippen molar-refractivity contribution in [3.8, 4) is 5.69 Å². The second kappa shape index (κ2) is 8.88. The number of nitrogens with one attached hydrogen (secondary N) is 1. The number of nitrogens with zero attached hydrogens (tertiary/aromatic N) is 3. The van der Waals surface area contributed by atoms with Gasteiger partial charge in [0, 0.05) is 31.2 Å². The van der Waals surface area contributed by atoms with E-state index in [2.05, 4.69) is 31.0 Å². The minimum absolute atomic E-state index is 0.00704. The molecule has 1 fully saturated rings. The first-order valence-corrected chi connectivity index (χ1v) is 10.2. The number of aromatic nitrogens is 2. The van der Waals surface area contributed by atoms with Crippen molar-refractivity contribution in [3.05, 3.63) is 42.1 Å². The Balaban J connectivity index is 1.69. The topological polar surface area (TPSA) is 59.4 Å². The molecule has 0 radical (unpaired) electrons. The van der Waals surface area contributed by atoms with Crippen LogP contribution < -0.4 is 5.32 Å². The van der Waals surface area contributed by atoms with E-state index in [-0.39, 0.29) is 11.3 Å². The summed E-state index contributed by atoms with van der Waals surface area (Å²) in [4.78, 5) is 14.9. The van der Waals surface area contributed by atoms with Crippen LogP contribution in [0.3, 0.4) is 0 Å². The van der Waals surface area contributed by atoms with Gasteiger partial charge in [-0.25, -0.2) is 4.68 Å². The quantitative estimate of drug-likeness (QED) is 0.827. The van der Waals surface area contributed by atoms with Crippen LogP contribution in [-0.2, 0) is 14.9 Å². The molecule has 1 N–H and O–H groups in total. The minimum Gasteiger partial charge on any atom is -0.378 e. The maximum Gasteiger partial charge on any atom is 0.239 e. The minimum atomic E-state index is -0.0966. The molecule has 0 aliphatic carbocycles. The predicted molar refractivity (Wildman–Crippen MR) is 112 cm³/mol. The maximum atomic E-state index is 12.7. The number of piperidine rings is 1. The van der Waals surface area contributed by atoms with Crippen LogP contribution in [0.1, 0.15) is 46.2 Å². The molecule has 2 heterocycles. The van der Waals surface area contributed by atoms with Crippen LogP contribution in [0.5, 0.6) is 0 Å². The average molecular weight is 385 g/mol. The van der Waals surface area contributed by atoms with Gasteiger partial charge >= 0.3 is 0 Å². The van der Waals surface area contributed by atoms with E-state index < -0.39 is 0 Å². The number of rotatable bonds is 6. The van der Waals surface area contributed by atoms with Gasteiger partial charge in [-0.1, -0.05) is 39.0 Å². The number of ether oxygens (including phenoxy) is 1. The van der Waals surface area contributed by atoms with Crippen molar-refractivity contribution in [3.63, 3.8) is 0 Å². The van der Waals surface area contributed by atoms with Gasteiger partial charge in [0.1, 0.15) is 5.82 Å². The summed E-state index contributed by atoms with van der Waals surface area (Å²) in [5.74, 6) is 0.706. The van der Waals surface area contributed by atoms with Crippen LogP contribution in [0.15, 0.2) is 36.4 Å². The Hall–Kier alpha value is -2.18. The molecule has 1 aliphatic heterocycles. The molecule has 6 nitrogen and oxygen atoms in total. The fourth-order valence-corrected chi connectivity index (χ4v) is 3.46. The van der Waals surface area contributed by atoms with E-state index in [1.807, 2.05) is 48.0 Å². The van der Waals surface area contributed by atoms with Crippen LogP contribution in [0.25, 0.3) is 5.69 Å². The molecule has 152 valence electrons. The molecule has 2 aromatic rings. The fourth-order valence-electron chi connectivity index (χ4n) is 3.46. The molecular formula is C22H32N4O2. The first kappa shape index (κ1) is 20.6. The number of hydrogen-bond acceptors (Lipinski definition) is 4. The standard InChI is InChI=1S/C22H32N4O2/c1-5-28-18-11-13-25(14-12-18)16-21(27)23-20-15-19(22(2,3)4)24-26(20)17-9-7-6-8-10-17/h6-10,15,18H,5,11-14,16H2,1-4H3,(H,23,27). The second-order valence-corrected chi connectivity index (χ2v) is 8.39. The van der Waals surface area contributed by atoms with Crippen LogP contribution in [-0.4, -0.2) is 52.9 Å². The first-order chi connectivity index (χ1) is 13.4. The highest BCUT2D eigenvalue weighted by molar-refractivity contribution is 5.91. The molecule has 0 bridgehead atoms. The Labute approximate surface area is 167 Å². The van der Waals surface area contributed by atoms with Gasteiger partial charge in [0.25, 0.3) is 0 Å². The molecule has 6 heteroatoms. The molecule has 0 atom stereocenters. The smallest absolute Gasteiger partial charge is 0.239 e. The summed E-state index contributed by atoms with van der Waals surface area (Å²) in [6.07, 6.45) is 2.30. The number of hydrogen-bond donors (Lipinski definition) is 1. The number of anilines is 1. The molecule has 1 aliphatic rings. The number of carbonyl (C=O) groups is 1. The average Bonchev–Trinajstić information content (AvgIpc) is 3.08. The number of likely N-dealkylation sites (tertiary alicyclic amines) is 1. The monoisotopic (exact) mass is 384 g/mol. The highest BCUT2D eigenvalue weighted by Gasteiger charge is 2.24. The van der Waals surface area contributed by atoms with Crippen molar-refractivity contribution in [2.45, 2.75) is 52.1 Å². The van der Waals surface area contributed by atoms with Crippen molar-refractivity contribution in [2.24, 2.45) is 0 Å². The first-order valence-electron chi connectivity index (χ1n) is 10.2. The van der Waals surface area contributed by atoms with Crippen molar-refractivity contribution in [2.75, 3.05) is 31.6 Å². The third-order valence-corrected chi connectivity index (χ3v) is 5.05. The predicted octanol–water partition coefficient (Wildman–Crippen LogP) is 3.61. The van der Waals surface area contributed by atoms with Crippen molar-refractivity contribution in [1.29, 1.82) is 0 Å². The summed E-state index contributed by atoms with van der Waals surface area (Å²) in [7, 11) is 0. The maximum absolute atomic E-state index is 12.7. The SMILES string of the molecule is CCOC1CCN(CC(=O)Nc2cc(C(C)(C)C)nn2-c2ccccc2)CC1. The Bertz CT molecular complexity index is 772. The summed E-state index contributed by atoms with van der Waals surface area (Å²) >= 11 is 0. The molecule has 1 aromatic heterocycles. The lowest BCUT2D eigenvalue weighted by Crippen LogP contribution is -2.41. The lowest BCUT2D eigenvalue weighted by atomic mass is 9.92. The van der Waals surface area contributed by atoms with Gasteiger partial charge < -0.3 is 10.1 Å². The zero-order valence-corrected chi connectivity index (χ0v) is 17.4.